The quantitative estimate of drug-likeness (QED) is 0.706. The number of rotatable bonds is 5. The minimum Gasteiger partial charge on any atom is -0.334 e. The Morgan fingerprint density at radius 2 is 2.19 bits per heavy atom. The van der Waals surface area contributed by atoms with Crippen LogP contribution in [0.2, 0.25) is 0 Å². The van der Waals surface area contributed by atoms with Crippen LogP contribution in [-0.2, 0) is 5.75 Å². The SMILES string of the molecule is CC(C)SCc1noc(-c2cnn3c(C4CCNCC4)cc(=O)[nH]c23)n1. The fraction of sp³-hybridized carbons (Fsp3) is 0.529. The second-order valence-corrected chi connectivity index (χ2v) is 8.34. The molecular weight excluding hydrogens is 352 g/mol. The van der Waals surface area contributed by atoms with E-state index < -0.39 is 0 Å². The third-order valence-corrected chi connectivity index (χ3v) is 5.63. The molecule has 0 unspecified atom stereocenters. The van der Waals surface area contributed by atoms with E-state index >= 15 is 0 Å². The summed E-state index contributed by atoms with van der Waals surface area (Å²) in [5.41, 5.74) is 2.07. The van der Waals surface area contributed by atoms with Gasteiger partial charge in [0.05, 0.1) is 17.6 Å². The Morgan fingerprint density at radius 1 is 1.38 bits per heavy atom. The average molecular weight is 374 g/mol. The zero-order chi connectivity index (χ0) is 18.1. The number of nitrogens with one attached hydrogen (secondary N) is 2. The number of thioether (sulfide) groups is 1. The fourth-order valence-corrected chi connectivity index (χ4v) is 3.84. The van der Waals surface area contributed by atoms with Gasteiger partial charge in [-0.1, -0.05) is 19.0 Å². The first-order valence-electron chi connectivity index (χ1n) is 8.88. The largest absolute Gasteiger partial charge is 0.334 e. The van der Waals surface area contributed by atoms with Gasteiger partial charge in [0.25, 0.3) is 11.4 Å². The molecule has 4 rings (SSSR count). The zero-order valence-electron chi connectivity index (χ0n) is 14.9. The van der Waals surface area contributed by atoms with Gasteiger partial charge in [0.1, 0.15) is 11.2 Å². The lowest BCUT2D eigenvalue weighted by atomic mass is 9.94. The summed E-state index contributed by atoms with van der Waals surface area (Å²) in [5.74, 6) is 2.04. The molecule has 0 amide bonds. The minimum absolute atomic E-state index is 0.136. The molecule has 3 aromatic heterocycles. The summed E-state index contributed by atoms with van der Waals surface area (Å²) in [6.45, 7) is 6.16. The van der Waals surface area contributed by atoms with E-state index in [1.54, 1.807) is 28.5 Å². The normalized spacial score (nSPS) is 16.0. The molecule has 1 aliphatic rings. The van der Waals surface area contributed by atoms with Gasteiger partial charge in [-0.25, -0.2) is 4.52 Å². The van der Waals surface area contributed by atoms with Crippen molar-refractivity contribution in [2.45, 2.75) is 43.6 Å². The van der Waals surface area contributed by atoms with Crippen LogP contribution in [0.1, 0.15) is 44.1 Å². The molecule has 0 bridgehead atoms. The molecule has 26 heavy (non-hydrogen) atoms. The van der Waals surface area contributed by atoms with Crippen LogP contribution >= 0.6 is 11.8 Å². The lowest BCUT2D eigenvalue weighted by molar-refractivity contribution is 0.425. The second-order valence-electron chi connectivity index (χ2n) is 6.78. The molecule has 0 aliphatic carbocycles. The summed E-state index contributed by atoms with van der Waals surface area (Å²) in [5, 5.41) is 12.4. The molecule has 138 valence electrons. The molecule has 0 spiro atoms. The maximum Gasteiger partial charge on any atom is 0.263 e. The van der Waals surface area contributed by atoms with Gasteiger partial charge >= 0.3 is 0 Å². The van der Waals surface area contributed by atoms with Crippen LogP contribution in [0.25, 0.3) is 17.1 Å². The number of hydrogen-bond acceptors (Lipinski definition) is 7. The molecule has 9 heteroatoms. The lowest BCUT2D eigenvalue weighted by Gasteiger charge is -2.23. The summed E-state index contributed by atoms with van der Waals surface area (Å²) in [4.78, 5) is 19.6. The monoisotopic (exact) mass is 374 g/mol. The highest BCUT2D eigenvalue weighted by molar-refractivity contribution is 7.99. The first kappa shape index (κ1) is 17.3. The Kier molecular flexibility index (Phi) is 4.82. The molecular formula is C17H22N6O2S. The van der Waals surface area contributed by atoms with E-state index in [1.165, 1.54) is 0 Å². The van der Waals surface area contributed by atoms with Crippen LogP contribution in [0.5, 0.6) is 0 Å². The van der Waals surface area contributed by atoms with Gasteiger partial charge in [-0.2, -0.15) is 21.8 Å². The highest BCUT2D eigenvalue weighted by atomic mass is 32.2. The number of aromatic nitrogens is 5. The highest BCUT2D eigenvalue weighted by Gasteiger charge is 2.22. The van der Waals surface area contributed by atoms with Crippen LogP contribution in [0.3, 0.4) is 0 Å². The highest BCUT2D eigenvalue weighted by Crippen LogP contribution is 2.28. The summed E-state index contributed by atoms with van der Waals surface area (Å²) < 4.78 is 7.22. The predicted octanol–water partition coefficient (Wildman–Crippen LogP) is 2.18. The van der Waals surface area contributed by atoms with Gasteiger partial charge in [0.15, 0.2) is 5.82 Å². The van der Waals surface area contributed by atoms with Crippen molar-refractivity contribution in [3.05, 3.63) is 34.1 Å². The molecule has 2 N–H and O–H groups in total. The van der Waals surface area contributed by atoms with Crippen molar-refractivity contribution in [1.29, 1.82) is 0 Å². The maximum atomic E-state index is 12.2. The topological polar surface area (TPSA) is 101 Å². The van der Waals surface area contributed by atoms with E-state index in [0.29, 0.717) is 39.8 Å². The van der Waals surface area contributed by atoms with Gasteiger partial charge in [-0.05, 0) is 31.2 Å². The predicted molar refractivity (Wildman–Crippen MR) is 100 cm³/mol. The van der Waals surface area contributed by atoms with Crippen molar-refractivity contribution in [2.24, 2.45) is 0 Å². The van der Waals surface area contributed by atoms with E-state index in [9.17, 15) is 4.79 Å². The van der Waals surface area contributed by atoms with Crippen molar-refractivity contribution in [2.75, 3.05) is 13.1 Å². The Hall–Kier alpha value is -2.13. The first-order chi connectivity index (χ1) is 12.6. The van der Waals surface area contributed by atoms with Crippen molar-refractivity contribution in [3.63, 3.8) is 0 Å². The molecule has 1 saturated heterocycles. The molecule has 0 radical (unpaired) electrons. The van der Waals surface area contributed by atoms with Gasteiger partial charge in [0, 0.05) is 12.0 Å². The molecule has 4 heterocycles. The van der Waals surface area contributed by atoms with Crippen LogP contribution in [-0.4, -0.2) is 43.1 Å². The number of aromatic amines is 1. The van der Waals surface area contributed by atoms with E-state index in [0.717, 1.165) is 31.6 Å². The Balaban J connectivity index is 1.71. The zero-order valence-corrected chi connectivity index (χ0v) is 15.7. The standard InChI is InChI=1S/C17H22N6O2S/c1-10(2)26-9-14-20-17(25-22-14)12-8-19-23-13(7-15(24)21-16(12)23)11-3-5-18-6-4-11/h7-8,10-11,18H,3-6,9H2,1-2H3,(H,21,24). The fourth-order valence-electron chi connectivity index (χ4n) is 3.24. The summed E-state index contributed by atoms with van der Waals surface area (Å²) in [7, 11) is 0. The van der Waals surface area contributed by atoms with Crippen molar-refractivity contribution in [3.8, 4) is 11.5 Å². The Morgan fingerprint density at radius 3 is 2.96 bits per heavy atom. The van der Waals surface area contributed by atoms with Crippen LogP contribution in [0.15, 0.2) is 21.6 Å². The molecule has 1 aliphatic heterocycles. The van der Waals surface area contributed by atoms with E-state index in [4.69, 9.17) is 4.52 Å². The van der Waals surface area contributed by atoms with E-state index in [2.05, 4.69) is 39.4 Å². The summed E-state index contributed by atoms with van der Waals surface area (Å²) in [6, 6.07) is 1.65. The Bertz CT molecular complexity index is 954. The second kappa shape index (κ2) is 7.24. The Labute approximate surface area is 154 Å². The molecule has 0 aromatic carbocycles. The smallest absolute Gasteiger partial charge is 0.263 e. The minimum atomic E-state index is -0.136. The maximum absolute atomic E-state index is 12.2. The van der Waals surface area contributed by atoms with Gasteiger partial charge < -0.3 is 14.8 Å². The van der Waals surface area contributed by atoms with Crippen LogP contribution in [0.4, 0.5) is 0 Å². The summed E-state index contributed by atoms with van der Waals surface area (Å²) >= 11 is 1.75. The molecule has 0 saturated carbocycles. The number of piperidine rings is 1. The van der Waals surface area contributed by atoms with Gasteiger partial charge in [-0.3, -0.25) is 4.79 Å². The number of H-pyrrole nitrogens is 1. The molecule has 1 fully saturated rings. The average Bonchev–Trinajstić information content (AvgIpc) is 3.26. The van der Waals surface area contributed by atoms with Gasteiger partial charge in [-0.15, -0.1) is 0 Å². The number of nitrogens with zero attached hydrogens (tertiary/aromatic N) is 4. The van der Waals surface area contributed by atoms with Crippen molar-refractivity contribution < 1.29 is 4.52 Å². The summed E-state index contributed by atoms with van der Waals surface area (Å²) in [6.07, 6.45) is 3.67. The van der Waals surface area contributed by atoms with Crippen molar-refractivity contribution in [1.82, 2.24) is 30.1 Å². The molecule has 3 aromatic rings. The lowest BCUT2D eigenvalue weighted by Crippen LogP contribution is -2.28. The van der Waals surface area contributed by atoms with Crippen molar-refractivity contribution >= 4 is 17.4 Å². The van der Waals surface area contributed by atoms with E-state index in [-0.39, 0.29) is 5.56 Å². The third kappa shape index (κ3) is 3.41. The van der Waals surface area contributed by atoms with E-state index in [1.807, 2.05) is 0 Å². The number of hydrogen-bond donors (Lipinski definition) is 2. The van der Waals surface area contributed by atoms with Crippen LogP contribution in [0, 0.1) is 0 Å². The van der Waals surface area contributed by atoms with Gasteiger partial charge in [0.2, 0.25) is 0 Å². The molecule has 0 atom stereocenters. The third-order valence-electron chi connectivity index (χ3n) is 4.54. The first-order valence-corrected chi connectivity index (χ1v) is 9.93. The molecule has 8 nitrogen and oxygen atoms in total. The van der Waals surface area contributed by atoms with Crippen LogP contribution < -0.4 is 10.9 Å². The number of fused-ring (bicyclic) bond motifs is 1.